The van der Waals surface area contributed by atoms with Gasteiger partial charge in [0, 0.05) is 5.69 Å². The van der Waals surface area contributed by atoms with Crippen molar-refractivity contribution in [2.75, 3.05) is 29.9 Å². The number of sulfonamides is 1. The van der Waals surface area contributed by atoms with Crippen molar-refractivity contribution in [2.45, 2.75) is 4.90 Å². The van der Waals surface area contributed by atoms with Crippen LogP contribution in [-0.2, 0) is 19.6 Å². The maximum atomic E-state index is 13.4. The second-order valence-corrected chi connectivity index (χ2v) is 10.5. The number of anilines is 2. The molecule has 0 aliphatic heterocycles. The summed E-state index contributed by atoms with van der Waals surface area (Å²) in [5, 5.41) is 6.69. The van der Waals surface area contributed by atoms with E-state index in [0.717, 1.165) is 4.31 Å². The monoisotopic (exact) mass is 572 g/mol. The number of carbonyl (C=O) groups is 2. The number of para-hydroxylation sites is 1. The number of nitrogens with zero attached hydrogens (tertiary/aromatic N) is 2. The third-order valence-electron chi connectivity index (χ3n) is 5.69. The molecule has 0 aromatic heterocycles. The number of rotatable bonds is 12. The SMILES string of the molecule is COc1ccc(N(CC(=O)N/N=C\c2ccc(OCC(=O)Nc3ccccc3)cc2)S(=O)(=O)c2ccccc2)cc1. The van der Waals surface area contributed by atoms with Gasteiger partial charge in [-0.25, -0.2) is 13.8 Å². The van der Waals surface area contributed by atoms with Crippen molar-refractivity contribution in [1.29, 1.82) is 0 Å². The topological polar surface area (TPSA) is 126 Å². The highest BCUT2D eigenvalue weighted by Crippen LogP contribution is 2.25. The van der Waals surface area contributed by atoms with Gasteiger partial charge in [-0.3, -0.25) is 13.9 Å². The largest absolute Gasteiger partial charge is 0.497 e. The van der Waals surface area contributed by atoms with E-state index in [1.807, 2.05) is 18.2 Å². The molecule has 41 heavy (non-hydrogen) atoms. The van der Waals surface area contributed by atoms with Gasteiger partial charge >= 0.3 is 0 Å². The summed E-state index contributed by atoms with van der Waals surface area (Å²) in [5.74, 6) is 0.103. The van der Waals surface area contributed by atoms with Crippen molar-refractivity contribution in [2.24, 2.45) is 5.10 Å². The predicted molar refractivity (Wildman–Crippen MR) is 157 cm³/mol. The average Bonchev–Trinajstić information content (AvgIpc) is 3.00. The Morgan fingerprint density at radius 3 is 2.05 bits per heavy atom. The summed E-state index contributed by atoms with van der Waals surface area (Å²) in [4.78, 5) is 24.8. The molecular weight excluding hydrogens is 544 g/mol. The van der Waals surface area contributed by atoms with E-state index in [9.17, 15) is 18.0 Å². The summed E-state index contributed by atoms with van der Waals surface area (Å²) >= 11 is 0. The minimum atomic E-state index is -4.04. The van der Waals surface area contributed by atoms with Gasteiger partial charge in [0.25, 0.3) is 21.8 Å². The molecule has 0 fully saturated rings. The van der Waals surface area contributed by atoms with Gasteiger partial charge < -0.3 is 14.8 Å². The Morgan fingerprint density at radius 2 is 1.41 bits per heavy atom. The van der Waals surface area contributed by atoms with Crippen LogP contribution in [0.2, 0.25) is 0 Å². The first-order chi connectivity index (χ1) is 19.8. The smallest absolute Gasteiger partial charge is 0.264 e. The van der Waals surface area contributed by atoms with Crippen molar-refractivity contribution in [3.8, 4) is 11.5 Å². The standard InChI is InChI=1S/C30H28N4O6S/c1-39-26-18-14-25(15-19-26)34(41(37,38)28-10-6-3-7-11-28)21-29(35)33-31-20-23-12-16-27(17-13-23)40-22-30(36)32-24-8-4-2-5-9-24/h2-20H,21-22H2,1H3,(H,32,36)(H,33,35)/b31-20-. The highest BCUT2D eigenvalue weighted by Gasteiger charge is 2.27. The summed E-state index contributed by atoms with van der Waals surface area (Å²) in [5.41, 5.74) is 3.99. The van der Waals surface area contributed by atoms with E-state index < -0.39 is 22.5 Å². The quantitative estimate of drug-likeness (QED) is 0.195. The van der Waals surface area contributed by atoms with Gasteiger partial charge in [0.2, 0.25) is 0 Å². The van der Waals surface area contributed by atoms with E-state index in [4.69, 9.17) is 9.47 Å². The first-order valence-corrected chi connectivity index (χ1v) is 13.9. The van der Waals surface area contributed by atoms with Crippen LogP contribution in [0.4, 0.5) is 11.4 Å². The molecule has 10 nitrogen and oxygen atoms in total. The maximum absolute atomic E-state index is 13.4. The molecule has 2 amide bonds. The zero-order valence-electron chi connectivity index (χ0n) is 22.1. The van der Waals surface area contributed by atoms with Crippen LogP contribution < -0.4 is 24.5 Å². The summed E-state index contributed by atoms with van der Waals surface area (Å²) < 4.78 is 38.4. The van der Waals surface area contributed by atoms with E-state index >= 15 is 0 Å². The number of amides is 2. The molecule has 0 aliphatic carbocycles. The Bertz CT molecular complexity index is 1580. The Labute approximate surface area is 238 Å². The van der Waals surface area contributed by atoms with Crippen LogP contribution in [0.25, 0.3) is 0 Å². The van der Waals surface area contributed by atoms with Crippen molar-refractivity contribution in [1.82, 2.24) is 5.43 Å². The first-order valence-electron chi connectivity index (χ1n) is 12.5. The molecule has 0 bridgehead atoms. The van der Waals surface area contributed by atoms with E-state index in [1.165, 1.54) is 25.5 Å². The zero-order chi connectivity index (χ0) is 29.1. The number of benzene rings is 4. The molecule has 0 saturated carbocycles. The summed E-state index contributed by atoms with van der Waals surface area (Å²) in [6.07, 6.45) is 1.41. The van der Waals surface area contributed by atoms with Crippen LogP contribution in [0.15, 0.2) is 119 Å². The zero-order valence-corrected chi connectivity index (χ0v) is 23.0. The number of ether oxygens (including phenoxy) is 2. The van der Waals surface area contributed by atoms with Gasteiger partial charge in [-0.2, -0.15) is 5.10 Å². The molecule has 4 aromatic carbocycles. The molecule has 4 rings (SSSR count). The number of hydrogen-bond donors (Lipinski definition) is 2. The maximum Gasteiger partial charge on any atom is 0.264 e. The lowest BCUT2D eigenvalue weighted by Gasteiger charge is -2.23. The van der Waals surface area contributed by atoms with Gasteiger partial charge in [-0.1, -0.05) is 36.4 Å². The van der Waals surface area contributed by atoms with Gasteiger partial charge in [0.05, 0.1) is 23.9 Å². The normalized spacial score (nSPS) is 11.0. The molecule has 210 valence electrons. The second-order valence-electron chi connectivity index (χ2n) is 8.59. The molecule has 11 heteroatoms. The third kappa shape index (κ3) is 8.16. The van der Waals surface area contributed by atoms with Crippen LogP contribution in [0.5, 0.6) is 11.5 Å². The number of hydrazone groups is 1. The number of carbonyl (C=O) groups excluding carboxylic acids is 2. The molecule has 0 unspecified atom stereocenters. The molecule has 0 aliphatic rings. The lowest BCUT2D eigenvalue weighted by Crippen LogP contribution is -2.39. The Balaban J connectivity index is 1.35. The highest BCUT2D eigenvalue weighted by molar-refractivity contribution is 7.92. The van der Waals surface area contributed by atoms with Crippen molar-refractivity contribution < 1.29 is 27.5 Å². The highest BCUT2D eigenvalue weighted by atomic mass is 32.2. The van der Waals surface area contributed by atoms with E-state index in [0.29, 0.717) is 28.4 Å². The molecule has 0 saturated heterocycles. The van der Waals surface area contributed by atoms with Crippen molar-refractivity contribution >= 4 is 39.4 Å². The lowest BCUT2D eigenvalue weighted by molar-refractivity contribution is -0.119. The van der Waals surface area contributed by atoms with Crippen LogP contribution in [0.1, 0.15) is 5.56 Å². The van der Waals surface area contributed by atoms with Crippen LogP contribution >= 0.6 is 0 Å². The predicted octanol–water partition coefficient (Wildman–Crippen LogP) is 4.06. The summed E-state index contributed by atoms with van der Waals surface area (Å²) in [7, 11) is -2.54. The Morgan fingerprint density at radius 1 is 0.805 bits per heavy atom. The third-order valence-corrected chi connectivity index (χ3v) is 7.48. The molecule has 0 spiro atoms. The van der Waals surface area contributed by atoms with Crippen molar-refractivity contribution in [3.63, 3.8) is 0 Å². The minimum absolute atomic E-state index is 0.0481. The van der Waals surface area contributed by atoms with E-state index in [-0.39, 0.29) is 17.4 Å². The fraction of sp³-hybridized carbons (Fsp3) is 0.100. The molecule has 2 N–H and O–H groups in total. The molecular formula is C30H28N4O6S. The molecule has 0 heterocycles. The van der Waals surface area contributed by atoms with Crippen LogP contribution in [0.3, 0.4) is 0 Å². The van der Waals surface area contributed by atoms with Crippen LogP contribution in [0, 0.1) is 0 Å². The summed E-state index contributed by atoms with van der Waals surface area (Å²) in [6.45, 7) is -0.659. The Hall–Kier alpha value is -5.16. The van der Waals surface area contributed by atoms with Gasteiger partial charge in [0.15, 0.2) is 6.61 Å². The second kappa shape index (κ2) is 13.8. The Kier molecular flexibility index (Phi) is 9.68. The molecule has 0 atom stereocenters. The molecule has 4 aromatic rings. The number of hydrogen-bond acceptors (Lipinski definition) is 7. The van der Waals surface area contributed by atoms with Crippen molar-refractivity contribution in [3.05, 3.63) is 115 Å². The average molecular weight is 573 g/mol. The minimum Gasteiger partial charge on any atom is -0.497 e. The van der Waals surface area contributed by atoms with Gasteiger partial charge in [-0.15, -0.1) is 0 Å². The number of methoxy groups -OCH3 is 1. The van der Waals surface area contributed by atoms with E-state index in [1.54, 1.807) is 78.9 Å². The van der Waals surface area contributed by atoms with Gasteiger partial charge in [0.1, 0.15) is 18.0 Å². The van der Waals surface area contributed by atoms with E-state index in [2.05, 4.69) is 15.8 Å². The van der Waals surface area contributed by atoms with Gasteiger partial charge in [-0.05, 0) is 78.4 Å². The fourth-order valence-electron chi connectivity index (χ4n) is 3.65. The molecule has 0 radical (unpaired) electrons. The first kappa shape index (κ1) is 28.8. The fourth-order valence-corrected chi connectivity index (χ4v) is 5.09. The number of nitrogens with one attached hydrogen (secondary N) is 2. The lowest BCUT2D eigenvalue weighted by atomic mass is 10.2. The van der Waals surface area contributed by atoms with Crippen LogP contribution in [-0.4, -0.2) is 46.7 Å². The summed E-state index contributed by atoms with van der Waals surface area (Å²) in [6, 6.07) is 30.0.